The molecule has 0 aromatic heterocycles. The van der Waals surface area contributed by atoms with Gasteiger partial charge in [0.25, 0.3) is 0 Å². The molecule has 0 aliphatic rings. The summed E-state index contributed by atoms with van der Waals surface area (Å²) in [4.78, 5) is 34.0. The van der Waals surface area contributed by atoms with Crippen molar-refractivity contribution in [2.24, 2.45) is 0 Å². The van der Waals surface area contributed by atoms with Crippen LogP contribution in [0.4, 0.5) is 4.79 Å². The molecule has 20 heavy (non-hydrogen) atoms. The predicted molar refractivity (Wildman–Crippen MR) is 77.0 cm³/mol. The van der Waals surface area contributed by atoms with Crippen molar-refractivity contribution in [2.75, 3.05) is 12.4 Å². The Hall–Kier alpha value is -1.54. The van der Waals surface area contributed by atoms with E-state index < -0.39 is 18.0 Å². The summed E-state index contributed by atoms with van der Waals surface area (Å²) in [6.45, 7) is 1.81. The summed E-state index contributed by atoms with van der Waals surface area (Å²) in [7, 11) is 0. The molecule has 0 bridgehead atoms. The minimum Gasteiger partial charge on any atom is -0.478 e. The van der Waals surface area contributed by atoms with E-state index in [1.165, 1.54) is 6.07 Å². The van der Waals surface area contributed by atoms with Crippen LogP contribution in [0.5, 0.6) is 0 Å². The molecule has 0 fully saturated rings. The first-order valence-corrected chi connectivity index (χ1v) is 7.34. The van der Waals surface area contributed by atoms with E-state index in [2.05, 4.69) is 26.0 Å². The molecule has 0 atom stereocenters. The lowest BCUT2D eigenvalue weighted by atomic mass is 10.2. The van der Waals surface area contributed by atoms with Crippen molar-refractivity contribution in [3.05, 3.63) is 28.2 Å². The predicted octanol–water partition coefficient (Wildman–Crippen LogP) is 2.51. The van der Waals surface area contributed by atoms with Gasteiger partial charge >= 0.3 is 12.1 Å². The minimum absolute atomic E-state index is 0.0144. The highest BCUT2D eigenvalue weighted by Crippen LogP contribution is 2.24. The summed E-state index contributed by atoms with van der Waals surface area (Å²) >= 11 is 4.26. The molecule has 8 heteroatoms. The van der Waals surface area contributed by atoms with Crippen LogP contribution in [-0.4, -0.2) is 35.4 Å². The maximum atomic E-state index is 11.4. The van der Waals surface area contributed by atoms with Gasteiger partial charge in [-0.2, -0.15) is 0 Å². The first-order valence-electron chi connectivity index (χ1n) is 5.56. The quantitative estimate of drug-likeness (QED) is 0.782. The molecule has 0 radical (unpaired) electrons. The first-order chi connectivity index (χ1) is 9.43. The lowest BCUT2D eigenvalue weighted by Gasteiger charge is -2.05. The molecule has 1 aromatic rings. The Morgan fingerprint density at radius 1 is 1.40 bits per heavy atom. The zero-order chi connectivity index (χ0) is 15.1. The van der Waals surface area contributed by atoms with Crippen molar-refractivity contribution >= 4 is 45.7 Å². The van der Waals surface area contributed by atoms with Crippen molar-refractivity contribution < 1.29 is 24.2 Å². The number of carbonyl (C=O) groups is 3. The molecular formula is C12H12BrNO5S. The van der Waals surface area contributed by atoms with Crippen LogP contribution in [0, 0.1) is 0 Å². The number of alkyl carbamates (subject to hydrolysis) is 1. The lowest BCUT2D eigenvalue weighted by Crippen LogP contribution is -2.32. The molecule has 2 amide bonds. The number of halogens is 1. The first kappa shape index (κ1) is 16.5. The lowest BCUT2D eigenvalue weighted by molar-refractivity contribution is -0.117. The number of rotatable bonds is 5. The van der Waals surface area contributed by atoms with E-state index >= 15 is 0 Å². The number of aromatic carboxylic acids is 1. The van der Waals surface area contributed by atoms with Crippen LogP contribution in [-0.2, 0) is 9.53 Å². The molecule has 0 aliphatic carbocycles. The van der Waals surface area contributed by atoms with Crippen LogP contribution in [0.3, 0.4) is 0 Å². The Morgan fingerprint density at radius 2 is 2.10 bits per heavy atom. The second kappa shape index (κ2) is 7.91. The van der Waals surface area contributed by atoms with Crippen molar-refractivity contribution in [3.63, 3.8) is 0 Å². The maximum absolute atomic E-state index is 11.4. The smallest absolute Gasteiger partial charge is 0.413 e. The van der Waals surface area contributed by atoms with Crippen LogP contribution in [0.2, 0.25) is 0 Å². The normalized spacial score (nSPS) is 9.90. The average molecular weight is 362 g/mol. The Labute approximate surface area is 128 Å². The summed E-state index contributed by atoms with van der Waals surface area (Å²) in [6, 6.07) is 4.72. The third-order valence-electron chi connectivity index (χ3n) is 2.06. The van der Waals surface area contributed by atoms with E-state index in [1.54, 1.807) is 19.1 Å². The summed E-state index contributed by atoms with van der Waals surface area (Å²) in [5.74, 6) is -1.58. The van der Waals surface area contributed by atoms with Gasteiger partial charge in [-0.1, -0.05) is 0 Å². The number of carboxylic acid groups (broad SMARTS) is 1. The molecule has 108 valence electrons. The number of carboxylic acids is 1. The second-order valence-corrected chi connectivity index (χ2v) is 5.41. The average Bonchev–Trinajstić information content (AvgIpc) is 2.37. The van der Waals surface area contributed by atoms with E-state index in [0.717, 1.165) is 11.8 Å². The van der Waals surface area contributed by atoms with Gasteiger partial charge in [0, 0.05) is 9.37 Å². The summed E-state index contributed by atoms with van der Waals surface area (Å²) in [5, 5.41) is 11.0. The fourth-order valence-corrected chi connectivity index (χ4v) is 2.38. The Balaban J connectivity index is 2.58. The molecular weight excluding hydrogens is 350 g/mol. The van der Waals surface area contributed by atoms with E-state index in [1.807, 2.05) is 0 Å². The highest BCUT2D eigenvalue weighted by Gasteiger charge is 2.12. The van der Waals surface area contributed by atoms with Crippen molar-refractivity contribution in [1.29, 1.82) is 0 Å². The minimum atomic E-state index is -1.06. The second-order valence-electron chi connectivity index (χ2n) is 3.50. The molecule has 1 rings (SSSR count). The van der Waals surface area contributed by atoms with E-state index in [4.69, 9.17) is 5.11 Å². The fraction of sp³-hybridized carbons (Fsp3) is 0.250. The van der Waals surface area contributed by atoms with Gasteiger partial charge in [0.2, 0.25) is 5.91 Å². The number of ether oxygens (including phenoxy) is 1. The van der Waals surface area contributed by atoms with Gasteiger partial charge in [0.1, 0.15) is 0 Å². The molecule has 0 aliphatic heterocycles. The molecule has 0 saturated heterocycles. The van der Waals surface area contributed by atoms with Gasteiger partial charge in [-0.15, -0.1) is 11.8 Å². The van der Waals surface area contributed by atoms with Gasteiger partial charge in [-0.3, -0.25) is 10.1 Å². The van der Waals surface area contributed by atoms with Crippen molar-refractivity contribution in [3.8, 4) is 0 Å². The zero-order valence-electron chi connectivity index (χ0n) is 10.5. The molecule has 1 aromatic carbocycles. The van der Waals surface area contributed by atoms with Gasteiger partial charge in [0.05, 0.1) is 17.9 Å². The topological polar surface area (TPSA) is 92.7 Å². The SMILES string of the molecule is CCOC(=O)NC(=O)CSc1ccc(Br)c(C(=O)O)c1. The number of carbonyl (C=O) groups excluding carboxylic acids is 2. The standard InChI is InChI=1S/C12H12BrNO5S/c1-2-19-12(18)14-10(15)6-20-7-3-4-9(13)8(5-7)11(16)17/h3-5H,2,6H2,1H3,(H,16,17)(H,14,15,18). The van der Waals surface area contributed by atoms with Crippen LogP contribution < -0.4 is 5.32 Å². The number of benzene rings is 1. The summed E-state index contributed by atoms with van der Waals surface area (Å²) in [6.07, 6.45) is -0.792. The number of amides is 2. The van der Waals surface area contributed by atoms with Crippen molar-refractivity contribution in [1.82, 2.24) is 5.32 Å². The monoisotopic (exact) mass is 361 g/mol. The zero-order valence-corrected chi connectivity index (χ0v) is 12.9. The summed E-state index contributed by atoms with van der Waals surface area (Å²) < 4.78 is 5.03. The van der Waals surface area contributed by atoms with E-state index in [0.29, 0.717) is 9.37 Å². The fourth-order valence-electron chi connectivity index (χ4n) is 1.22. The highest BCUT2D eigenvalue weighted by atomic mass is 79.9. The van der Waals surface area contributed by atoms with Crippen LogP contribution in [0.15, 0.2) is 27.6 Å². The van der Waals surface area contributed by atoms with Crippen LogP contribution in [0.25, 0.3) is 0 Å². The summed E-state index contributed by atoms with van der Waals surface area (Å²) in [5.41, 5.74) is 0.112. The molecule has 0 spiro atoms. The van der Waals surface area contributed by atoms with Crippen molar-refractivity contribution in [2.45, 2.75) is 11.8 Å². The number of hydrogen-bond acceptors (Lipinski definition) is 5. The third-order valence-corrected chi connectivity index (χ3v) is 3.74. The molecule has 6 nitrogen and oxygen atoms in total. The number of imide groups is 1. The van der Waals surface area contributed by atoms with Crippen LogP contribution in [0.1, 0.15) is 17.3 Å². The highest BCUT2D eigenvalue weighted by molar-refractivity contribution is 9.10. The largest absolute Gasteiger partial charge is 0.478 e. The van der Waals surface area contributed by atoms with Gasteiger partial charge in [-0.05, 0) is 41.1 Å². The van der Waals surface area contributed by atoms with Gasteiger partial charge in [0.15, 0.2) is 0 Å². The van der Waals surface area contributed by atoms with E-state index in [9.17, 15) is 14.4 Å². The van der Waals surface area contributed by atoms with Crippen LogP contribution >= 0.6 is 27.7 Å². The molecule has 2 N–H and O–H groups in total. The van der Waals surface area contributed by atoms with Gasteiger partial charge in [-0.25, -0.2) is 9.59 Å². The Morgan fingerprint density at radius 3 is 2.70 bits per heavy atom. The Kier molecular flexibility index (Phi) is 6.53. The van der Waals surface area contributed by atoms with Gasteiger partial charge < -0.3 is 9.84 Å². The Bertz CT molecular complexity index is 535. The number of thioether (sulfide) groups is 1. The number of nitrogens with one attached hydrogen (secondary N) is 1. The molecule has 0 unspecified atom stereocenters. The molecule has 0 heterocycles. The molecule has 0 saturated carbocycles. The third kappa shape index (κ3) is 5.22. The van der Waals surface area contributed by atoms with E-state index in [-0.39, 0.29) is 17.9 Å². The maximum Gasteiger partial charge on any atom is 0.413 e. The number of hydrogen-bond donors (Lipinski definition) is 2.